The molecular formula is C17H19N3O. The number of nitrogens with two attached hydrogens (primary N) is 1. The summed E-state index contributed by atoms with van der Waals surface area (Å²) >= 11 is 0. The van der Waals surface area contributed by atoms with Crippen LogP contribution < -0.4 is 10.5 Å². The summed E-state index contributed by atoms with van der Waals surface area (Å²) in [6, 6.07) is 14.4. The number of nitrogen functional groups attached to an aromatic ring is 1. The van der Waals surface area contributed by atoms with Gasteiger partial charge in [-0.05, 0) is 43.7 Å². The summed E-state index contributed by atoms with van der Waals surface area (Å²) in [5, 5.41) is 6.76. The van der Waals surface area contributed by atoms with Gasteiger partial charge >= 0.3 is 0 Å². The molecule has 2 N–H and O–H groups in total. The third kappa shape index (κ3) is 2.44. The smallest absolute Gasteiger partial charge is 0.241 e. The summed E-state index contributed by atoms with van der Waals surface area (Å²) in [5.41, 5.74) is 7.48. The van der Waals surface area contributed by atoms with Crippen LogP contribution in [0.25, 0.3) is 10.8 Å². The largest absolute Gasteiger partial charge is 0.437 e. The summed E-state index contributed by atoms with van der Waals surface area (Å²) in [6.07, 6.45) is 0. The maximum atomic E-state index is 6.09. The van der Waals surface area contributed by atoms with E-state index in [1.54, 1.807) is 0 Å². The van der Waals surface area contributed by atoms with Crippen LogP contribution in [0.15, 0.2) is 42.5 Å². The summed E-state index contributed by atoms with van der Waals surface area (Å²) < 4.78 is 7.83. The molecule has 0 atom stereocenters. The second-order valence-electron chi connectivity index (χ2n) is 5.45. The maximum Gasteiger partial charge on any atom is 0.241 e. The van der Waals surface area contributed by atoms with E-state index in [0.29, 0.717) is 11.6 Å². The third-order valence-electron chi connectivity index (χ3n) is 3.51. The molecule has 4 nitrogen and oxygen atoms in total. The minimum atomic E-state index is 0.191. The number of rotatable bonds is 3. The first kappa shape index (κ1) is 13.5. The minimum Gasteiger partial charge on any atom is -0.437 e. The Morgan fingerprint density at radius 1 is 1.10 bits per heavy atom. The molecule has 1 heterocycles. The van der Waals surface area contributed by atoms with E-state index in [1.807, 2.05) is 41.9 Å². The Hall–Kier alpha value is -2.49. The van der Waals surface area contributed by atoms with Gasteiger partial charge in [-0.3, -0.25) is 0 Å². The van der Waals surface area contributed by atoms with Crippen LogP contribution in [0.2, 0.25) is 0 Å². The predicted molar refractivity (Wildman–Crippen MR) is 85.8 cm³/mol. The number of nitrogens with zero attached hydrogens (tertiary/aromatic N) is 2. The van der Waals surface area contributed by atoms with Gasteiger partial charge in [0, 0.05) is 0 Å². The summed E-state index contributed by atoms with van der Waals surface area (Å²) in [4.78, 5) is 0. The highest BCUT2D eigenvalue weighted by Gasteiger charge is 2.17. The molecule has 0 bridgehead atoms. The van der Waals surface area contributed by atoms with Gasteiger partial charge in [0.2, 0.25) is 5.88 Å². The van der Waals surface area contributed by atoms with E-state index in [-0.39, 0.29) is 6.04 Å². The second-order valence-corrected chi connectivity index (χ2v) is 5.45. The lowest BCUT2D eigenvalue weighted by Crippen LogP contribution is -2.05. The van der Waals surface area contributed by atoms with E-state index in [4.69, 9.17) is 10.5 Å². The van der Waals surface area contributed by atoms with Crippen molar-refractivity contribution in [3.05, 3.63) is 48.2 Å². The van der Waals surface area contributed by atoms with Crippen LogP contribution in [0.4, 0.5) is 5.69 Å². The fraction of sp³-hybridized carbons (Fsp3) is 0.235. The molecule has 2 aromatic carbocycles. The van der Waals surface area contributed by atoms with Crippen molar-refractivity contribution in [3.63, 3.8) is 0 Å². The van der Waals surface area contributed by atoms with E-state index >= 15 is 0 Å². The standard InChI is InChI=1S/C17H19N3O/c1-11(2)20-17(16(18)12(3)19-20)21-15-9-8-13-6-4-5-7-14(13)10-15/h4-11H,18H2,1-3H3. The lowest BCUT2D eigenvalue weighted by Gasteiger charge is -2.12. The first-order valence-corrected chi connectivity index (χ1v) is 7.07. The number of anilines is 1. The molecule has 4 heteroatoms. The predicted octanol–water partition coefficient (Wildman–Crippen LogP) is 4.30. The number of hydrogen-bond acceptors (Lipinski definition) is 3. The molecule has 0 saturated carbocycles. The Labute approximate surface area is 124 Å². The number of ether oxygens (including phenoxy) is 1. The van der Waals surface area contributed by atoms with Crippen LogP contribution in [-0.2, 0) is 0 Å². The van der Waals surface area contributed by atoms with Gasteiger partial charge in [0.1, 0.15) is 11.4 Å². The molecule has 3 aromatic rings. The van der Waals surface area contributed by atoms with Crippen LogP contribution in [0.1, 0.15) is 25.6 Å². The maximum absolute atomic E-state index is 6.09. The first-order chi connectivity index (χ1) is 10.1. The van der Waals surface area contributed by atoms with Crippen LogP contribution in [0.5, 0.6) is 11.6 Å². The van der Waals surface area contributed by atoms with Crippen LogP contribution >= 0.6 is 0 Å². The third-order valence-corrected chi connectivity index (χ3v) is 3.51. The summed E-state index contributed by atoms with van der Waals surface area (Å²) in [5.74, 6) is 1.37. The molecule has 21 heavy (non-hydrogen) atoms. The molecule has 0 unspecified atom stereocenters. The number of aromatic nitrogens is 2. The molecule has 0 aliphatic carbocycles. The quantitative estimate of drug-likeness (QED) is 0.778. The molecule has 0 radical (unpaired) electrons. The Bertz CT molecular complexity index is 790. The van der Waals surface area contributed by atoms with Gasteiger partial charge in [0.05, 0.1) is 11.7 Å². The van der Waals surface area contributed by atoms with Crippen molar-refractivity contribution < 1.29 is 4.74 Å². The van der Waals surface area contributed by atoms with Crippen molar-refractivity contribution in [1.82, 2.24) is 9.78 Å². The topological polar surface area (TPSA) is 53.1 Å². The minimum absolute atomic E-state index is 0.191. The zero-order valence-corrected chi connectivity index (χ0v) is 12.5. The van der Waals surface area contributed by atoms with Crippen molar-refractivity contribution in [2.24, 2.45) is 0 Å². The van der Waals surface area contributed by atoms with E-state index in [0.717, 1.165) is 16.8 Å². The van der Waals surface area contributed by atoms with Gasteiger partial charge in [-0.25, -0.2) is 4.68 Å². The second kappa shape index (κ2) is 5.13. The Kier molecular flexibility index (Phi) is 3.29. The lowest BCUT2D eigenvalue weighted by atomic mass is 10.1. The van der Waals surface area contributed by atoms with Gasteiger partial charge in [-0.15, -0.1) is 0 Å². The highest BCUT2D eigenvalue weighted by Crippen LogP contribution is 2.33. The van der Waals surface area contributed by atoms with Gasteiger partial charge in [0.15, 0.2) is 0 Å². The number of benzene rings is 2. The molecule has 0 aliphatic heterocycles. The average Bonchev–Trinajstić information content (AvgIpc) is 2.76. The van der Waals surface area contributed by atoms with Crippen molar-refractivity contribution in [1.29, 1.82) is 0 Å². The van der Waals surface area contributed by atoms with Gasteiger partial charge in [-0.2, -0.15) is 5.10 Å². The molecule has 1 aromatic heterocycles. The molecular weight excluding hydrogens is 262 g/mol. The van der Waals surface area contributed by atoms with E-state index < -0.39 is 0 Å². The molecule has 3 rings (SSSR count). The summed E-state index contributed by atoms with van der Waals surface area (Å²) in [7, 11) is 0. The molecule has 108 valence electrons. The first-order valence-electron chi connectivity index (χ1n) is 7.07. The molecule has 0 aliphatic rings. The Morgan fingerprint density at radius 2 is 1.81 bits per heavy atom. The zero-order valence-electron chi connectivity index (χ0n) is 12.5. The van der Waals surface area contributed by atoms with Crippen LogP contribution in [0.3, 0.4) is 0 Å². The average molecular weight is 281 g/mol. The van der Waals surface area contributed by atoms with E-state index in [9.17, 15) is 0 Å². The van der Waals surface area contributed by atoms with Gasteiger partial charge < -0.3 is 10.5 Å². The van der Waals surface area contributed by atoms with Crippen LogP contribution in [-0.4, -0.2) is 9.78 Å². The Balaban J connectivity index is 2.02. The summed E-state index contributed by atoms with van der Waals surface area (Å²) in [6.45, 7) is 6.00. The van der Waals surface area contributed by atoms with E-state index in [2.05, 4.69) is 31.1 Å². The molecule has 0 amide bonds. The highest BCUT2D eigenvalue weighted by molar-refractivity contribution is 5.83. The lowest BCUT2D eigenvalue weighted by molar-refractivity contribution is 0.390. The van der Waals surface area contributed by atoms with Crippen molar-refractivity contribution in [2.45, 2.75) is 26.8 Å². The number of aryl methyl sites for hydroxylation is 1. The SMILES string of the molecule is Cc1nn(C(C)C)c(Oc2ccc3ccccc3c2)c1N. The molecule has 0 spiro atoms. The van der Waals surface area contributed by atoms with Crippen molar-refractivity contribution in [2.75, 3.05) is 5.73 Å². The monoisotopic (exact) mass is 281 g/mol. The normalized spacial score (nSPS) is 11.2. The van der Waals surface area contributed by atoms with Gasteiger partial charge in [0.25, 0.3) is 0 Å². The van der Waals surface area contributed by atoms with Crippen molar-refractivity contribution >= 4 is 16.5 Å². The van der Waals surface area contributed by atoms with Gasteiger partial charge in [-0.1, -0.05) is 30.3 Å². The fourth-order valence-electron chi connectivity index (χ4n) is 2.33. The molecule has 0 saturated heterocycles. The molecule has 0 fully saturated rings. The fourth-order valence-corrected chi connectivity index (χ4v) is 2.33. The highest BCUT2D eigenvalue weighted by atomic mass is 16.5. The van der Waals surface area contributed by atoms with Crippen molar-refractivity contribution in [3.8, 4) is 11.6 Å². The Morgan fingerprint density at radius 3 is 2.52 bits per heavy atom. The number of hydrogen-bond donors (Lipinski definition) is 1. The van der Waals surface area contributed by atoms with E-state index in [1.165, 1.54) is 5.39 Å². The van der Waals surface area contributed by atoms with Crippen LogP contribution in [0, 0.1) is 6.92 Å². The number of fused-ring (bicyclic) bond motifs is 1. The zero-order chi connectivity index (χ0) is 15.0.